The molecule has 2 aliphatic rings. The average molecular weight is 497 g/mol. The lowest BCUT2D eigenvalue weighted by atomic mass is 9.94. The maximum atomic E-state index is 13.3. The lowest BCUT2D eigenvalue weighted by molar-refractivity contribution is -0.140. The van der Waals surface area contributed by atoms with Gasteiger partial charge in [0.15, 0.2) is 23.0 Å². The minimum Gasteiger partial charge on any atom is -0.507 e. The number of ketones is 1. The number of carbonyl (C=O) groups is 2. The van der Waals surface area contributed by atoms with Crippen LogP contribution in [0.3, 0.4) is 0 Å². The summed E-state index contributed by atoms with van der Waals surface area (Å²) in [6, 6.07) is 9.49. The molecule has 4 rings (SSSR count). The molecule has 0 unspecified atom stereocenters. The van der Waals surface area contributed by atoms with Gasteiger partial charge < -0.3 is 33.9 Å². The Morgan fingerprint density at radius 2 is 1.69 bits per heavy atom. The van der Waals surface area contributed by atoms with Crippen molar-refractivity contribution in [2.24, 2.45) is 0 Å². The van der Waals surface area contributed by atoms with Gasteiger partial charge >= 0.3 is 0 Å². The normalized spacial score (nSPS) is 18.6. The number of aliphatic hydroxyl groups is 1. The smallest absolute Gasteiger partial charge is 0.295 e. The predicted molar refractivity (Wildman–Crippen MR) is 134 cm³/mol. The summed E-state index contributed by atoms with van der Waals surface area (Å²) in [7, 11) is 3.79. The topological polar surface area (TPSA) is 97.8 Å². The third kappa shape index (κ3) is 4.97. The van der Waals surface area contributed by atoms with Crippen molar-refractivity contribution in [1.29, 1.82) is 0 Å². The van der Waals surface area contributed by atoms with E-state index in [0.717, 1.165) is 0 Å². The minimum atomic E-state index is -0.798. The molecule has 192 valence electrons. The van der Waals surface area contributed by atoms with Crippen LogP contribution in [0.15, 0.2) is 42.0 Å². The van der Waals surface area contributed by atoms with E-state index in [1.807, 2.05) is 32.8 Å². The van der Waals surface area contributed by atoms with E-state index in [2.05, 4.69) is 0 Å². The maximum Gasteiger partial charge on any atom is 0.295 e. The summed E-state index contributed by atoms with van der Waals surface area (Å²) in [5.74, 6) is 0.451. The van der Waals surface area contributed by atoms with Crippen LogP contribution < -0.4 is 18.9 Å². The standard InChI is InChI=1S/C27H32N2O7/c1-5-33-19-9-7-17(15-21(19)34-6-2)24-23(26(31)27(32)29(24)12-11-28(3)4)25(30)18-8-10-20-22(16-18)36-14-13-35-20/h7-10,15-16,24,30H,5-6,11-14H2,1-4H3/t24-/m1/s1. The summed E-state index contributed by atoms with van der Waals surface area (Å²) in [6.45, 7) is 6.31. The number of carbonyl (C=O) groups excluding carboxylic acids is 2. The molecule has 1 atom stereocenters. The molecule has 0 aromatic heterocycles. The number of rotatable bonds is 9. The molecular weight excluding hydrogens is 464 g/mol. The Bertz CT molecular complexity index is 1170. The third-order valence-electron chi connectivity index (χ3n) is 6.03. The molecule has 2 heterocycles. The maximum absolute atomic E-state index is 13.3. The van der Waals surface area contributed by atoms with Gasteiger partial charge in [-0.1, -0.05) is 6.07 Å². The highest BCUT2D eigenvalue weighted by Crippen LogP contribution is 2.43. The molecule has 2 aromatic carbocycles. The summed E-state index contributed by atoms with van der Waals surface area (Å²) >= 11 is 0. The van der Waals surface area contributed by atoms with Gasteiger partial charge in [0.2, 0.25) is 0 Å². The van der Waals surface area contributed by atoms with Crippen molar-refractivity contribution in [3.8, 4) is 23.0 Å². The van der Waals surface area contributed by atoms with E-state index >= 15 is 0 Å². The highest BCUT2D eigenvalue weighted by Gasteiger charge is 2.46. The fourth-order valence-electron chi connectivity index (χ4n) is 4.35. The van der Waals surface area contributed by atoms with Gasteiger partial charge in [0.05, 0.1) is 24.8 Å². The SMILES string of the molecule is CCOc1ccc([C@@H]2C(=C(O)c3ccc4c(c3)OCCO4)C(=O)C(=O)N2CCN(C)C)cc1OCC. The van der Waals surface area contributed by atoms with Crippen LogP contribution in [-0.4, -0.2) is 80.2 Å². The number of likely N-dealkylation sites (N-methyl/N-ethyl adjacent to an activating group) is 1. The Balaban J connectivity index is 1.84. The van der Waals surface area contributed by atoms with Crippen LogP contribution in [0.25, 0.3) is 5.76 Å². The van der Waals surface area contributed by atoms with E-state index in [0.29, 0.717) is 73.6 Å². The van der Waals surface area contributed by atoms with Crippen LogP contribution in [0.5, 0.6) is 23.0 Å². The number of ether oxygens (including phenoxy) is 4. The van der Waals surface area contributed by atoms with E-state index in [1.54, 1.807) is 36.4 Å². The Kier molecular flexibility index (Phi) is 7.69. The zero-order valence-electron chi connectivity index (χ0n) is 21.1. The van der Waals surface area contributed by atoms with Gasteiger partial charge in [0.25, 0.3) is 11.7 Å². The third-order valence-corrected chi connectivity index (χ3v) is 6.03. The van der Waals surface area contributed by atoms with E-state index < -0.39 is 17.7 Å². The van der Waals surface area contributed by atoms with E-state index in [-0.39, 0.29) is 11.3 Å². The Hall–Kier alpha value is -3.72. The molecule has 1 fully saturated rings. The van der Waals surface area contributed by atoms with Crippen LogP contribution in [0.1, 0.15) is 31.0 Å². The Morgan fingerprint density at radius 3 is 2.39 bits per heavy atom. The molecule has 0 bridgehead atoms. The van der Waals surface area contributed by atoms with Crippen molar-refractivity contribution in [3.63, 3.8) is 0 Å². The lowest BCUT2D eigenvalue weighted by Crippen LogP contribution is -2.35. The number of aliphatic hydroxyl groups excluding tert-OH is 1. The van der Waals surface area contributed by atoms with Crippen LogP contribution in [0.2, 0.25) is 0 Å². The van der Waals surface area contributed by atoms with Crippen LogP contribution >= 0.6 is 0 Å². The predicted octanol–water partition coefficient (Wildman–Crippen LogP) is 3.24. The van der Waals surface area contributed by atoms with Crippen molar-refractivity contribution in [1.82, 2.24) is 9.80 Å². The molecule has 9 nitrogen and oxygen atoms in total. The highest BCUT2D eigenvalue weighted by molar-refractivity contribution is 6.46. The van der Waals surface area contributed by atoms with E-state index in [9.17, 15) is 14.7 Å². The Labute approximate surface area is 210 Å². The number of fused-ring (bicyclic) bond motifs is 1. The van der Waals surface area contributed by atoms with Gasteiger partial charge in [-0.3, -0.25) is 9.59 Å². The molecule has 2 aromatic rings. The highest BCUT2D eigenvalue weighted by atomic mass is 16.6. The fraction of sp³-hybridized carbons (Fsp3) is 0.407. The summed E-state index contributed by atoms with van der Waals surface area (Å²) in [5.41, 5.74) is 1.02. The molecule has 0 radical (unpaired) electrons. The van der Waals surface area contributed by atoms with Crippen molar-refractivity contribution >= 4 is 17.4 Å². The summed E-state index contributed by atoms with van der Waals surface area (Å²) in [4.78, 5) is 29.9. The Morgan fingerprint density at radius 1 is 1.00 bits per heavy atom. The number of nitrogens with zero attached hydrogens (tertiary/aromatic N) is 2. The number of likely N-dealkylation sites (tertiary alicyclic amines) is 1. The first-order valence-corrected chi connectivity index (χ1v) is 12.1. The first-order valence-electron chi connectivity index (χ1n) is 12.1. The molecule has 0 spiro atoms. The second kappa shape index (κ2) is 10.9. The van der Waals surface area contributed by atoms with E-state index in [1.165, 1.54) is 4.90 Å². The number of hydrogen-bond donors (Lipinski definition) is 1. The lowest BCUT2D eigenvalue weighted by Gasteiger charge is -2.27. The average Bonchev–Trinajstić information content (AvgIpc) is 3.13. The number of Topliss-reactive ketones (excluding diaryl/α,β-unsaturated/α-hetero) is 1. The van der Waals surface area contributed by atoms with E-state index in [4.69, 9.17) is 18.9 Å². The zero-order chi connectivity index (χ0) is 25.8. The van der Waals surface area contributed by atoms with Gasteiger partial charge in [0, 0.05) is 18.7 Å². The second-order valence-electron chi connectivity index (χ2n) is 8.73. The monoisotopic (exact) mass is 496 g/mol. The summed E-state index contributed by atoms with van der Waals surface area (Å²) in [6.07, 6.45) is 0. The number of hydrogen-bond acceptors (Lipinski definition) is 8. The molecule has 0 saturated carbocycles. The molecule has 2 aliphatic heterocycles. The molecule has 36 heavy (non-hydrogen) atoms. The molecule has 1 amide bonds. The second-order valence-corrected chi connectivity index (χ2v) is 8.73. The van der Waals surface area contributed by atoms with Crippen molar-refractivity contribution in [2.45, 2.75) is 19.9 Å². The first-order chi connectivity index (χ1) is 17.3. The first kappa shape index (κ1) is 25.4. The minimum absolute atomic E-state index is 0.0158. The molecular formula is C27H32N2O7. The van der Waals surface area contributed by atoms with Gasteiger partial charge in [0.1, 0.15) is 19.0 Å². The van der Waals surface area contributed by atoms with Gasteiger partial charge in [-0.2, -0.15) is 0 Å². The van der Waals surface area contributed by atoms with Crippen molar-refractivity contribution in [2.75, 3.05) is 53.6 Å². The van der Waals surface area contributed by atoms with Gasteiger partial charge in [-0.15, -0.1) is 0 Å². The molecule has 1 N–H and O–H groups in total. The largest absolute Gasteiger partial charge is 0.507 e. The summed E-state index contributed by atoms with van der Waals surface area (Å²) < 4.78 is 22.7. The van der Waals surface area contributed by atoms with Crippen LogP contribution in [0, 0.1) is 0 Å². The quantitative estimate of drug-likeness (QED) is 0.321. The zero-order valence-corrected chi connectivity index (χ0v) is 21.1. The van der Waals surface area contributed by atoms with Crippen molar-refractivity contribution in [3.05, 3.63) is 53.1 Å². The van der Waals surface area contributed by atoms with Gasteiger partial charge in [-0.25, -0.2) is 0 Å². The van der Waals surface area contributed by atoms with Crippen LogP contribution in [0.4, 0.5) is 0 Å². The molecule has 0 aliphatic carbocycles. The van der Waals surface area contributed by atoms with Crippen LogP contribution in [-0.2, 0) is 9.59 Å². The molecule has 1 saturated heterocycles. The number of benzene rings is 2. The number of amides is 1. The fourth-order valence-corrected chi connectivity index (χ4v) is 4.35. The molecule has 9 heteroatoms. The summed E-state index contributed by atoms with van der Waals surface area (Å²) in [5, 5.41) is 11.4. The van der Waals surface area contributed by atoms with Crippen molar-refractivity contribution < 1.29 is 33.6 Å². The van der Waals surface area contributed by atoms with Gasteiger partial charge in [-0.05, 0) is 63.8 Å².